The lowest BCUT2D eigenvalue weighted by molar-refractivity contribution is -0.353. The highest BCUT2D eigenvalue weighted by Crippen LogP contribution is 2.52. The van der Waals surface area contributed by atoms with Crippen molar-refractivity contribution in [2.24, 2.45) is 0 Å². The molecule has 0 bridgehead atoms. The van der Waals surface area contributed by atoms with Gasteiger partial charge in [0.1, 0.15) is 0 Å². The smallest absolute Gasteiger partial charge is 0.374 e. The maximum atomic E-state index is 13.9. The van der Waals surface area contributed by atoms with Crippen molar-refractivity contribution in [3.05, 3.63) is 34.3 Å². The summed E-state index contributed by atoms with van der Waals surface area (Å²) in [6.45, 7) is 0.974. The molecule has 0 spiro atoms. The van der Waals surface area contributed by atoms with E-state index in [1.165, 1.54) is 24.3 Å². The molecule has 0 saturated heterocycles. The molecular formula is C13H12BrF7O. The second kappa shape index (κ2) is 5.99. The third kappa shape index (κ3) is 3.56. The van der Waals surface area contributed by atoms with E-state index in [4.69, 9.17) is 4.74 Å². The van der Waals surface area contributed by atoms with Crippen molar-refractivity contribution in [2.75, 3.05) is 7.11 Å². The molecule has 1 unspecified atom stereocenters. The molecule has 0 amide bonds. The summed E-state index contributed by atoms with van der Waals surface area (Å²) in [6.07, 6.45) is -14.2. The van der Waals surface area contributed by atoms with Crippen molar-refractivity contribution in [1.29, 1.82) is 0 Å². The predicted octanol–water partition coefficient (Wildman–Crippen LogP) is 5.53. The molecule has 1 atom stereocenters. The van der Waals surface area contributed by atoms with Crippen molar-refractivity contribution in [2.45, 2.75) is 37.0 Å². The molecule has 0 radical (unpaired) electrons. The van der Waals surface area contributed by atoms with E-state index in [0.717, 1.165) is 14.0 Å². The molecule has 1 rings (SSSR count). The normalized spacial score (nSPS) is 16.5. The molecule has 9 heteroatoms. The second-order valence-corrected chi connectivity index (χ2v) is 5.83. The summed E-state index contributed by atoms with van der Waals surface area (Å²) in [5.74, 6) is 0. The Morgan fingerprint density at radius 3 is 1.64 bits per heavy atom. The maximum Gasteiger partial charge on any atom is 0.431 e. The van der Waals surface area contributed by atoms with E-state index < -0.39 is 30.0 Å². The molecule has 0 aliphatic heterocycles. The standard InChI is InChI=1S/C13H12BrF7O/c1-10(22-2,8-3-5-9(14)6-4-8)7-11(15,12(16,17)18)13(19,20)21/h3-6H,7H2,1-2H3. The Bertz CT molecular complexity index is 495. The first kappa shape index (κ1) is 19.2. The van der Waals surface area contributed by atoms with Crippen molar-refractivity contribution >= 4 is 15.9 Å². The van der Waals surface area contributed by atoms with Crippen LogP contribution in [-0.2, 0) is 10.3 Å². The van der Waals surface area contributed by atoms with Crippen LogP contribution >= 0.6 is 15.9 Å². The van der Waals surface area contributed by atoms with Gasteiger partial charge in [-0.25, -0.2) is 4.39 Å². The van der Waals surface area contributed by atoms with Gasteiger partial charge in [-0.1, -0.05) is 28.1 Å². The summed E-state index contributed by atoms with van der Waals surface area (Å²) in [5, 5.41) is 0. The van der Waals surface area contributed by atoms with E-state index in [9.17, 15) is 30.7 Å². The molecule has 0 aromatic heterocycles. The van der Waals surface area contributed by atoms with Crippen LogP contribution in [0.4, 0.5) is 30.7 Å². The van der Waals surface area contributed by atoms with Crippen LogP contribution in [0.5, 0.6) is 0 Å². The third-order valence-electron chi connectivity index (χ3n) is 3.38. The Balaban J connectivity index is 3.32. The lowest BCUT2D eigenvalue weighted by Crippen LogP contribution is -2.56. The van der Waals surface area contributed by atoms with Gasteiger partial charge in [0.05, 0.1) is 5.60 Å². The molecule has 0 N–H and O–H groups in total. The molecule has 1 nitrogen and oxygen atoms in total. The summed E-state index contributed by atoms with van der Waals surface area (Å²) in [7, 11) is 0.926. The fourth-order valence-electron chi connectivity index (χ4n) is 1.92. The van der Waals surface area contributed by atoms with Crippen LogP contribution in [0.15, 0.2) is 28.7 Å². The molecular weight excluding hydrogens is 385 g/mol. The molecule has 1 aromatic carbocycles. The molecule has 126 valence electrons. The number of rotatable bonds is 4. The Labute approximate surface area is 130 Å². The summed E-state index contributed by atoms with van der Waals surface area (Å²) >= 11 is 3.08. The Hall–Kier alpha value is -0.830. The van der Waals surface area contributed by atoms with Crippen molar-refractivity contribution in [3.8, 4) is 0 Å². The van der Waals surface area contributed by atoms with Crippen LogP contribution in [0.25, 0.3) is 0 Å². The van der Waals surface area contributed by atoms with Crippen LogP contribution in [-0.4, -0.2) is 25.1 Å². The van der Waals surface area contributed by atoms with Gasteiger partial charge in [-0.05, 0) is 24.6 Å². The first-order chi connectivity index (χ1) is 9.77. The molecule has 1 aromatic rings. The number of halogens is 8. The van der Waals surface area contributed by atoms with E-state index in [1.54, 1.807) is 0 Å². The zero-order chi connectivity index (χ0) is 17.4. The quantitative estimate of drug-likeness (QED) is 0.607. The van der Waals surface area contributed by atoms with Crippen molar-refractivity contribution < 1.29 is 35.5 Å². The highest BCUT2D eigenvalue weighted by atomic mass is 79.9. The number of hydrogen-bond donors (Lipinski definition) is 0. The summed E-state index contributed by atoms with van der Waals surface area (Å²) in [6, 6.07) is 5.35. The number of ether oxygens (including phenoxy) is 1. The lowest BCUT2D eigenvalue weighted by Gasteiger charge is -2.38. The summed E-state index contributed by atoms with van der Waals surface area (Å²) in [4.78, 5) is 0. The van der Waals surface area contributed by atoms with E-state index in [0.29, 0.717) is 4.47 Å². The first-order valence-corrected chi connectivity index (χ1v) is 6.70. The number of benzene rings is 1. The van der Waals surface area contributed by atoms with Gasteiger partial charge in [-0.3, -0.25) is 0 Å². The maximum absolute atomic E-state index is 13.9. The van der Waals surface area contributed by atoms with Crippen molar-refractivity contribution in [1.82, 2.24) is 0 Å². The van der Waals surface area contributed by atoms with Gasteiger partial charge in [-0.15, -0.1) is 0 Å². The zero-order valence-electron chi connectivity index (χ0n) is 11.4. The highest BCUT2D eigenvalue weighted by Gasteiger charge is 2.74. The molecule has 22 heavy (non-hydrogen) atoms. The summed E-state index contributed by atoms with van der Waals surface area (Å²) in [5.41, 5.74) is -7.49. The monoisotopic (exact) mass is 396 g/mol. The Kier molecular flexibility index (Phi) is 5.23. The van der Waals surface area contributed by atoms with Crippen LogP contribution < -0.4 is 0 Å². The highest BCUT2D eigenvalue weighted by molar-refractivity contribution is 9.10. The minimum atomic E-state index is -6.11. The minimum Gasteiger partial charge on any atom is -0.374 e. The SMILES string of the molecule is COC(C)(CC(F)(C(F)(F)F)C(F)(F)F)c1ccc(Br)cc1. The van der Waals surface area contributed by atoms with E-state index in [2.05, 4.69) is 15.9 Å². The van der Waals surface area contributed by atoms with Gasteiger partial charge in [0.15, 0.2) is 0 Å². The van der Waals surface area contributed by atoms with Gasteiger partial charge in [-0.2, -0.15) is 26.3 Å². The van der Waals surface area contributed by atoms with E-state index in [-0.39, 0.29) is 5.56 Å². The number of alkyl halides is 7. The fourth-order valence-corrected chi connectivity index (χ4v) is 2.18. The van der Waals surface area contributed by atoms with Crippen LogP contribution in [0.1, 0.15) is 18.9 Å². The minimum absolute atomic E-state index is 0.00581. The van der Waals surface area contributed by atoms with Gasteiger partial charge in [0.25, 0.3) is 0 Å². The molecule has 0 aliphatic carbocycles. The number of hydrogen-bond acceptors (Lipinski definition) is 1. The van der Waals surface area contributed by atoms with Gasteiger partial charge in [0, 0.05) is 18.0 Å². The predicted molar refractivity (Wildman–Crippen MR) is 69.1 cm³/mol. The van der Waals surface area contributed by atoms with Gasteiger partial charge >= 0.3 is 18.0 Å². The molecule has 0 saturated carbocycles. The zero-order valence-corrected chi connectivity index (χ0v) is 13.0. The molecule has 0 heterocycles. The molecule has 0 aliphatic rings. The first-order valence-electron chi connectivity index (χ1n) is 5.90. The van der Waals surface area contributed by atoms with Crippen LogP contribution in [0.2, 0.25) is 0 Å². The van der Waals surface area contributed by atoms with E-state index >= 15 is 0 Å². The van der Waals surface area contributed by atoms with Crippen LogP contribution in [0.3, 0.4) is 0 Å². The van der Waals surface area contributed by atoms with Gasteiger partial charge < -0.3 is 4.74 Å². The van der Waals surface area contributed by atoms with Gasteiger partial charge in [0.2, 0.25) is 0 Å². The largest absolute Gasteiger partial charge is 0.431 e. The second-order valence-electron chi connectivity index (χ2n) is 4.92. The Morgan fingerprint density at radius 1 is 0.909 bits per heavy atom. The number of methoxy groups -OCH3 is 1. The topological polar surface area (TPSA) is 9.23 Å². The summed E-state index contributed by atoms with van der Waals surface area (Å²) < 4.78 is 95.4. The molecule has 0 fully saturated rings. The lowest BCUT2D eigenvalue weighted by atomic mass is 9.83. The Morgan fingerprint density at radius 2 is 1.32 bits per heavy atom. The third-order valence-corrected chi connectivity index (χ3v) is 3.91. The average Bonchev–Trinajstić information content (AvgIpc) is 2.36. The average molecular weight is 397 g/mol. The van der Waals surface area contributed by atoms with Crippen molar-refractivity contribution in [3.63, 3.8) is 0 Å². The van der Waals surface area contributed by atoms with E-state index in [1.807, 2.05) is 0 Å². The van der Waals surface area contributed by atoms with Crippen LogP contribution in [0, 0.1) is 0 Å². The fraction of sp³-hybridized carbons (Fsp3) is 0.538.